The van der Waals surface area contributed by atoms with Crippen molar-refractivity contribution in [1.29, 1.82) is 0 Å². The molecule has 1 aliphatic rings. The summed E-state index contributed by atoms with van der Waals surface area (Å²) in [6.07, 6.45) is -2.69. The van der Waals surface area contributed by atoms with Gasteiger partial charge in [0.1, 0.15) is 17.2 Å². The lowest BCUT2D eigenvalue weighted by atomic mass is 10.0. The van der Waals surface area contributed by atoms with Crippen molar-refractivity contribution >= 4 is 29.5 Å². The van der Waals surface area contributed by atoms with Crippen LogP contribution in [0.5, 0.6) is 5.75 Å². The lowest BCUT2D eigenvalue weighted by molar-refractivity contribution is -0.171. The minimum absolute atomic E-state index is 0.183. The molecule has 8 nitrogen and oxygen atoms in total. The quantitative estimate of drug-likeness (QED) is 0.214. The number of anilines is 1. The zero-order valence-electron chi connectivity index (χ0n) is 23.5. The summed E-state index contributed by atoms with van der Waals surface area (Å²) in [6, 6.07) is 8.69. The van der Waals surface area contributed by atoms with Crippen molar-refractivity contribution in [2.45, 2.75) is 42.7 Å². The molecule has 42 heavy (non-hydrogen) atoms. The first-order valence-corrected chi connectivity index (χ1v) is 13.6. The predicted octanol–water partition coefficient (Wildman–Crippen LogP) is 6.83. The first kappa shape index (κ1) is 31.1. The Labute approximate surface area is 244 Å². The SMILES string of the molecule is COc1cc(F)ccc1-c1ccncc1N(C)C(=O)c1cc(SC2CN(OC(=O)OC(C)(C)C)C2)cc(C(F)(F)F)c1. The summed E-state index contributed by atoms with van der Waals surface area (Å²) < 4.78 is 65.7. The number of nitrogens with zero attached hydrogens (tertiary/aromatic N) is 3. The topological polar surface area (TPSA) is 81.2 Å². The molecule has 0 spiro atoms. The third-order valence-corrected chi connectivity index (χ3v) is 7.25. The summed E-state index contributed by atoms with van der Waals surface area (Å²) in [6.45, 7) is 5.62. The van der Waals surface area contributed by atoms with Gasteiger partial charge in [-0.15, -0.1) is 16.8 Å². The lowest BCUT2D eigenvalue weighted by Crippen LogP contribution is -2.50. The van der Waals surface area contributed by atoms with Gasteiger partial charge >= 0.3 is 12.3 Å². The van der Waals surface area contributed by atoms with E-state index in [1.165, 1.54) is 60.8 Å². The zero-order chi connectivity index (χ0) is 30.8. The van der Waals surface area contributed by atoms with Crippen molar-refractivity contribution in [3.8, 4) is 16.9 Å². The van der Waals surface area contributed by atoms with Crippen molar-refractivity contribution in [3.63, 3.8) is 0 Å². The molecule has 1 amide bonds. The van der Waals surface area contributed by atoms with Crippen LogP contribution in [0.15, 0.2) is 59.8 Å². The van der Waals surface area contributed by atoms with Gasteiger partial charge in [-0.3, -0.25) is 9.78 Å². The van der Waals surface area contributed by atoms with Gasteiger partial charge in [-0.2, -0.15) is 13.2 Å². The molecular formula is C29H29F4N3O5S. The minimum Gasteiger partial charge on any atom is -0.496 e. The first-order valence-electron chi connectivity index (χ1n) is 12.8. The molecule has 0 atom stereocenters. The van der Waals surface area contributed by atoms with E-state index < -0.39 is 35.2 Å². The number of hydrogen-bond donors (Lipinski definition) is 0. The number of methoxy groups -OCH3 is 1. The molecule has 1 aliphatic heterocycles. The molecule has 0 bridgehead atoms. The number of ether oxygens (including phenoxy) is 2. The second kappa shape index (κ2) is 12.2. The van der Waals surface area contributed by atoms with E-state index in [0.29, 0.717) is 11.1 Å². The van der Waals surface area contributed by atoms with Gasteiger partial charge in [-0.25, -0.2) is 9.18 Å². The van der Waals surface area contributed by atoms with E-state index in [4.69, 9.17) is 14.3 Å². The molecule has 0 aliphatic carbocycles. The Morgan fingerprint density at radius 2 is 1.76 bits per heavy atom. The van der Waals surface area contributed by atoms with Crippen LogP contribution in [0.1, 0.15) is 36.7 Å². The van der Waals surface area contributed by atoms with E-state index >= 15 is 0 Å². The highest BCUT2D eigenvalue weighted by molar-refractivity contribution is 8.00. The number of pyridine rings is 1. The van der Waals surface area contributed by atoms with Crippen molar-refractivity contribution in [2.24, 2.45) is 0 Å². The molecule has 0 radical (unpaired) electrons. The number of thioether (sulfide) groups is 1. The molecule has 0 N–H and O–H groups in total. The Morgan fingerprint density at radius 1 is 1.05 bits per heavy atom. The Hall–Kier alpha value is -3.84. The Balaban J connectivity index is 1.56. The maximum atomic E-state index is 13.8. The average Bonchev–Trinajstić information content (AvgIpc) is 2.89. The van der Waals surface area contributed by atoms with Crippen molar-refractivity contribution in [2.75, 3.05) is 32.1 Å². The van der Waals surface area contributed by atoms with E-state index in [-0.39, 0.29) is 40.2 Å². The van der Waals surface area contributed by atoms with Crippen molar-refractivity contribution in [3.05, 3.63) is 71.8 Å². The third kappa shape index (κ3) is 7.51. The fourth-order valence-electron chi connectivity index (χ4n) is 4.14. The summed E-state index contributed by atoms with van der Waals surface area (Å²) >= 11 is 1.14. The number of aromatic nitrogens is 1. The van der Waals surface area contributed by atoms with E-state index in [0.717, 1.165) is 23.9 Å². The fraction of sp³-hybridized carbons (Fsp3) is 0.345. The molecule has 2 heterocycles. The second-order valence-corrected chi connectivity index (χ2v) is 11.9. The predicted molar refractivity (Wildman–Crippen MR) is 149 cm³/mol. The van der Waals surface area contributed by atoms with Crippen LogP contribution in [0.4, 0.5) is 28.0 Å². The summed E-state index contributed by atoms with van der Waals surface area (Å²) in [5.41, 5.74) is -0.661. The molecule has 2 aromatic carbocycles. The maximum Gasteiger partial charge on any atom is 0.528 e. The molecule has 1 fully saturated rings. The van der Waals surface area contributed by atoms with Crippen LogP contribution in [-0.4, -0.2) is 60.2 Å². The Morgan fingerprint density at radius 3 is 2.40 bits per heavy atom. The fourth-order valence-corrected chi connectivity index (χ4v) is 5.40. The zero-order valence-corrected chi connectivity index (χ0v) is 24.3. The minimum atomic E-state index is -4.70. The van der Waals surface area contributed by atoms with E-state index in [1.54, 1.807) is 26.8 Å². The summed E-state index contributed by atoms with van der Waals surface area (Å²) in [5.74, 6) is -1.01. The van der Waals surface area contributed by atoms with Crippen LogP contribution in [0, 0.1) is 5.82 Å². The average molecular weight is 608 g/mol. The highest BCUT2D eigenvalue weighted by atomic mass is 32.2. The van der Waals surface area contributed by atoms with Crippen LogP contribution < -0.4 is 9.64 Å². The number of alkyl halides is 3. The van der Waals surface area contributed by atoms with Crippen molar-refractivity contribution < 1.29 is 41.5 Å². The monoisotopic (exact) mass is 607 g/mol. The largest absolute Gasteiger partial charge is 0.528 e. The van der Waals surface area contributed by atoms with E-state index in [9.17, 15) is 27.2 Å². The van der Waals surface area contributed by atoms with Gasteiger partial charge in [0, 0.05) is 59.2 Å². The molecule has 3 aromatic rings. The van der Waals surface area contributed by atoms with Gasteiger partial charge in [-0.05, 0) is 57.2 Å². The number of carbonyl (C=O) groups excluding carboxylic acids is 2. The van der Waals surface area contributed by atoms with E-state index in [1.807, 2.05) is 0 Å². The summed E-state index contributed by atoms with van der Waals surface area (Å²) in [5, 5.41) is 1.17. The van der Waals surface area contributed by atoms with Gasteiger partial charge in [0.2, 0.25) is 0 Å². The third-order valence-electron chi connectivity index (χ3n) is 6.11. The first-order chi connectivity index (χ1) is 19.6. The number of halogens is 4. The Bertz CT molecular complexity index is 1470. The number of carbonyl (C=O) groups is 2. The summed E-state index contributed by atoms with van der Waals surface area (Å²) in [7, 11) is 2.80. The van der Waals surface area contributed by atoms with Crippen LogP contribution in [0.3, 0.4) is 0 Å². The number of rotatable bonds is 7. The van der Waals surface area contributed by atoms with E-state index in [2.05, 4.69) is 4.98 Å². The lowest BCUT2D eigenvalue weighted by Gasteiger charge is -2.36. The molecule has 4 rings (SSSR count). The maximum absolute atomic E-state index is 13.8. The van der Waals surface area contributed by atoms with Gasteiger partial charge in [0.15, 0.2) is 0 Å². The van der Waals surface area contributed by atoms with Gasteiger partial charge in [0.05, 0.1) is 24.6 Å². The molecule has 0 unspecified atom stereocenters. The van der Waals surface area contributed by atoms with Crippen LogP contribution in [0.2, 0.25) is 0 Å². The standard InChI is InChI=1S/C29H29F4N3O5S/c1-28(2,3)40-27(38)41-36-15-21(16-36)42-20-11-17(10-18(12-20)29(31,32)33)26(37)35(4)24-14-34-9-8-22(24)23-7-6-19(30)13-25(23)39-5/h6-14,21H,15-16H2,1-5H3. The Kier molecular flexibility index (Phi) is 9.02. The number of amides is 1. The normalized spacial score (nSPS) is 14.2. The number of hydrogen-bond acceptors (Lipinski definition) is 8. The second-order valence-electron chi connectivity index (χ2n) is 10.5. The highest BCUT2D eigenvalue weighted by Crippen LogP contribution is 2.39. The molecule has 13 heteroatoms. The molecule has 1 saturated heterocycles. The molecule has 1 aromatic heterocycles. The molecular weight excluding hydrogens is 578 g/mol. The molecule has 0 saturated carbocycles. The van der Waals surface area contributed by atoms with Crippen LogP contribution in [-0.2, 0) is 15.8 Å². The van der Waals surface area contributed by atoms with Crippen LogP contribution in [0.25, 0.3) is 11.1 Å². The number of hydroxylamine groups is 2. The smallest absolute Gasteiger partial charge is 0.496 e. The van der Waals surface area contributed by atoms with Gasteiger partial charge in [0.25, 0.3) is 5.91 Å². The van der Waals surface area contributed by atoms with Crippen molar-refractivity contribution in [1.82, 2.24) is 10.0 Å². The van der Waals surface area contributed by atoms with Gasteiger partial charge < -0.3 is 19.2 Å². The van der Waals surface area contributed by atoms with Crippen LogP contribution >= 0.6 is 11.8 Å². The highest BCUT2D eigenvalue weighted by Gasteiger charge is 2.35. The number of benzene rings is 2. The molecule has 224 valence electrons. The van der Waals surface area contributed by atoms with Gasteiger partial charge in [-0.1, -0.05) is 0 Å². The summed E-state index contributed by atoms with van der Waals surface area (Å²) in [4.78, 5) is 36.0.